The minimum Gasteiger partial charge on any atom is -0.332 e. The van der Waals surface area contributed by atoms with E-state index in [0.29, 0.717) is 28.3 Å². The second-order valence-corrected chi connectivity index (χ2v) is 9.11. The number of pyridine rings is 1. The molecule has 2 aromatic heterocycles. The molecule has 0 atom stereocenters. The third-order valence-corrected chi connectivity index (χ3v) is 6.25. The van der Waals surface area contributed by atoms with E-state index in [1.165, 1.54) is 29.4 Å². The molecule has 0 aliphatic heterocycles. The molecule has 40 heavy (non-hydrogen) atoms. The van der Waals surface area contributed by atoms with E-state index in [4.69, 9.17) is 17.3 Å². The number of carbonyl (C=O) groups excluding carboxylic acids is 1. The summed E-state index contributed by atoms with van der Waals surface area (Å²) < 4.78 is 81.6. The Morgan fingerprint density at radius 2 is 1.57 bits per heavy atom. The molecule has 0 spiro atoms. The largest absolute Gasteiger partial charge is 0.416 e. The van der Waals surface area contributed by atoms with Crippen LogP contribution >= 0.6 is 11.6 Å². The standard InChI is InChI=1S/C26H21ClF6N6O/c27-21-4-2-1-3-18(21)15-38(10-7-34)24(40)22-23(17-5-8-35-9-6-17)39(37-36-22)14-16-11-19(25(28,29)30)13-20(12-16)26(31,32)33/h1-6,8-9,11-13H,7,10,14-15,34H2. The zero-order valence-electron chi connectivity index (χ0n) is 20.5. The fourth-order valence-corrected chi connectivity index (χ4v) is 4.23. The topological polar surface area (TPSA) is 89.9 Å². The van der Waals surface area contributed by atoms with Crippen LogP contribution in [-0.4, -0.2) is 43.9 Å². The quantitative estimate of drug-likeness (QED) is 0.270. The van der Waals surface area contributed by atoms with E-state index in [9.17, 15) is 31.1 Å². The lowest BCUT2D eigenvalue weighted by molar-refractivity contribution is -0.143. The van der Waals surface area contributed by atoms with E-state index in [2.05, 4.69) is 15.3 Å². The Morgan fingerprint density at radius 1 is 0.950 bits per heavy atom. The molecule has 0 aliphatic rings. The third kappa shape index (κ3) is 6.59. The molecule has 1 amide bonds. The summed E-state index contributed by atoms with van der Waals surface area (Å²) in [4.78, 5) is 19.0. The fourth-order valence-electron chi connectivity index (χ4n) is 4.04. The average Bonchev–Trinajstić information content (AvgIpc) is 3.32. The Bertz CT molecular complexity index is 1460. The maximum Gasteiger partial charge on any atom is 0.416 e. The van der Waals surface area contributed by atoms with Crippen LogP contribution in [0, 0.1) is 0 Å². The molecule has 7 nitrogen and oxygen atoms in total. The van der Waals surface area contributed by atoms with Crippen LogP contribution in [0.4, 0.5) is 26.3 Å². The second kappa shape index (κ2) is 11.6. The molecular formula is C26H21ClF6N6O. The molecule has 0 aliphatic carbocycles. The molecular weight excluding hydrogens is 562 g/mol. The number of carbonyl (C=O) groups is 1. The van der Waals surface area contributed by atoms with Crippen molar-refractivity contribution in [1.29, 1.82) is 0 Å². The molecule has 0 radical (unpaired) electrons. The predicted molar refractivity (Wildman–Crippen MR) is 134 cm³/mol. The lowest BCUT2D eigenvalue weighted by Gasteiger charge is -2.22. The smallest absolute Gasteiger partial charge is 0.332 e. The number of nitrogens with two attached hydrogens (primary N) is 1. The Hall–Kier alpha value is -3.97. The van der Waals surface area contributed by atoms with Gasteiger partial charge in [0.15, 0.2) is 5.69 Å². The summed E-state index contributed by atoms with van der Waals surface area (Å²) in [6.45, 7) is -0.262. The van der Waals surface area contributed by atoms with Crippen molar-refractivity contribution >= 4 is 17.5 Å². The van der Waals surface area contributed by atoms with Crippen molar-refractivity contribution in [2.45, 2.75) is 25.4 Å². The van der Waals surface area contributed by atoms with Crippen LogP contribution < -0.4 is 5.73 Å². The van der Waals surface area contributed by atoms with E-state index in [1.54, 1.807) is 24.3 Å². The second-order valence-electron chi connectivity index (χ2n) is 8.70. The number of aromatic nitrogens is 4. The number of halogens is 7. The van der Waals surface area contributed by atoms with Gasteiger partial charge in [-0.25, -0.2) is 4.68 Å². The van der Waals surface area contributed by atoms with Gasteiger partial charge in [0, 0.05) is 42.6 Å². The summed E-state index contributed by atoms with van der Waals surface area (Å²) in [6, 6.07) is 11.1. The third-order valence-electron chi connectivity index (χ3n) is 5.88. The highest BCUT2D eigenvalue weighted by Gasteiger charge is 2.37. The molecule has 14 heteroatoms. The van der Waals surface area contributed by atoms with Gasteiger partial charge in [0.05, 0.1) is 17.7 Å². The first-order chi connectivity index (χ1) is 18.9. The maximum absolute atomic E-state index is 13.7. The minimum absolute atomic E-state index is 0.0446. The van der Waals surface area contributed by atoms with Crippen LogP contribution in [0.5, 0.6) is 0 Å². The van der Waals surface area contributed by atoms with Crippen molar-refractivity contribution < 1.29 is 31.1 Å². The van der Waals surface area contributed by atoms with Gasteiger partial charge in [-0.2, -0.15) is 26.3 Å². The van der Waals surface area contributed by atoms with Gasteiger partial charge in [-0.05, 0) is 47.5 Å². The Kier molecular flexibility index (Phi) is 8.45. The molecule has 0 bridgehead atoms. The zero-order chi connectivity index (χ0) is 29.1. The van der Waals surface area contributed by atoms with Gasteiger partial charge in [0.2, 0.25) is 0 Å². The molecule has 2 N–H and O–H groups in total. The summed E-state index contributed by atoms with van der Waals surface area (Å²) in [5.74, 6) is -0.608. The van der Waals surface area contributed by atoms with Crippen molar-refractivity contribution in [1.82, 2.24) is 24.9 Å². The number of benzene rings is 2. The Balaban J connectivity index is 1.79. The van der Waals surface area contributed by atoms with Crippen molar-refractivity contribution in [2.75, 3.05) is 13.1 Å². The fraction of sp³-hybridized carbons (Fsp3) is 0.231. The number of amides is 1. The van der Waals surface area contributed by atoms with E-state index in [1.807, 2.05) is 0 Å². The molecule has 0 saturated heterocycles. The van der Waals surface area contributed by atoms with Crippen molar-refractivity contribution in [3.05, 3.63) is 100.0 Å². The highest BCUT2D eigenvalue weighted by atomic mass is 35.5. The summed E-state index contributed by atoms with van der Waals surface area (Å²) >= 11 is 6.26. The normalized spacial score (nSPS) is 12.0. The Morgan fingerprint density at radius 3 is 2.15 bits per heavy atom. The van der Waals surface area contributed by atoms with Crippen molar-refractivity contribution in [3.63, 3.8) is 0 Å². The maximum atomic E-state index is 13.7. The van der Waals surface area contributed by atoms with Crippen LogP contribution in [0.1, 0.15) is 32.7 Å². The first-order valence-corrected chi connectivity index (χ1v) is 12.1. The van der Waals surface area contributed by atoms with E-state index in [-0.39, 0.29) is 42.7 Å². The highest BCUT2D eigenvalue weighted by Crippen LogP contribution is 2.37. The van der Waals surface area contributed by atoms with Crippen LogP contribution in [-0.2, 0) is 25.4 Å². The molecule has 210 valence electrons. The molecule has 0 fully saturated rings. The molecule has 4 rings (SSSR count). The molecule has 2 heterocycles. The minimum atomic E-state index is -5.02. The first-order valence-electron chi connectivity index (χ1n) is 11.7. The van der Waals surface area contributed by atoms with Gasteiger partial charge in [-0.1, -0.05) is 35.0 Å². The predicted octanol–water partition coefficient (Wildman–Crippen LogP) is 5.68. The molecule has 0 saturated carbocycles. The summed E-state index contributed by atoms with van der Waals surface area (Å²) in [5.41, 5.74) is 3.38. The van der Waals surface area contributed by atoms with Crippen LogP contribution in [0.15, 0.2) is 67.0 Å². The van der Waals surface area contributed by atoms with Gasteiger partial charge in [0.1, 0.15) is 5.69 Å². The number of hydrogen-bond acceptors (Lipinski definition) is 5. The molecule has 2 aromatic carbocycles. The number of hydrogen-bond donors (Lipinski definition) is 1. The summed E-state index contributed by atoms with van der Waals surface area (Å²) in [6.07, 6.45) is -7.22. The molecule has 4 aromatic rings. The number of alkyl halides is 6. The van der Waals surface area contributed by atoms with E-state index < -0.39 is 35.9 Å². The number of nitrogens with zero attached hydrogens (tertiary/aromatic N) is 5. The lowest BCUT2D eigenvalue weighted by Crippen LogP contribution is -2.35. The van der Waals surface area contributed by atoms with Crippen LogP contribution in [0.3, 0.4) is 0 Å². The van der Waals surface area contributed by atoms with Gasteiger partial charge in [-0.3, -0.25) is 9.78 Å². The van der Waals surface area contributed by atoms with Crippen molar-refractivity contribution in [2.24, 2.45) is 5.73 Å². The highest BCUT2D eigenvalue weighted by molar-refractivity contribution is 6.31. The number of rotatable bonds is 8. The van der Waals surface area contributed by atoms with Crippen LogP contribution in [0.2, 0.25) is 5.02 Å². The first kappa shape index (κ1) is 29.0. The monoisotopic (exact) mass is 582 g/mol. The zero-order valence-corrected chi connectivity index (χ0v) is 21.3. The SMILES string of the molecule is NCCN(Cc1ccccc1Cl)C(=O)c1nnn(Cc2cc(C(F)(F)F)cc(C(F)(F)F)c2)c1-c1ccncc1. The van der Waals surface area contributed by atoms with E-state index in [0.717, 1.165) is 4.68 Å². The summed E-state index contributed by atoms with van der Waals surface area (Å²) in [5, 5.41) is 8.34. The molecule has 0 unspecified atom stereocenters. The van der Waals surface area contributed by atoms with Crippen molar-refractivity contribution in [3.8, 4) is 11.3 Å². The van der Waals surface area contributed by atoms with Gasteiger partial charge in [-0.15, -0.1) is 5.10 Å². The van der Waals surface area contributed by atoms with Gasteiger partial charge >= 0.3 is 12.4 Å². The van der Waals surface area contributed by atoms with Gasteiger partial charge < -0.3 is 10.6 Å². The Labute approximate surface area is 229 Å². The average molecular weight is 583 g/mol. The lowest BCUT2D eigenvalue weighted by atomic mass is 10.0. The van der Waals surface area contributed by atoms with E-state index >= 15 is 0 Å². The summed E-state index contributed by atoms with van der Waals surface area (Å²) in [7, 11) is 0. The van der Waals surface area contributed by atoms with Crippen LogP contribution in [0.25, 0.3) is 11.3 Å². The van der Waals surface area contributed by atoms with Gasteiger partial charge in [0.25, 0.3) is 5.91 Å².